The van der Waals surface area contributed by atoms with Crippen LogP contribution in [-0.2, 0) is 4.79 Å². The lowest BCUT2D eigenvalue weighted by Crippen LogP contribution is -2.21. The lowest BCUT2D eigenvalue weighted by Gasteiger charge is -2.10. The second-order valence-corrected chi connectivity index (χ2v) is 4.97. The number of carbonyl (C=O) groups is 2. The summed E-state index contributed by atoms with van der Waals surface area (Å²) in [6.45, 7) is -0.304. The highest BCUT2D eigenvalue weighted by Crippen LogP contribution is 2.22. The molecular weight excluding hydrogens is 318 g/mol. The van der Waals surface area contributed by atoms with Gasteiger partial charge in [0.2, 0.25) is 0 Å². The Morgan fingerprint density at radius 1 is 1.22 bits per heavy atom. The highest BCUT2D eigenvalue weighted by molar-refractivity contribution is 6.31. The predicted molar refractivity (Wildman–Crippen MR) is 85.3 cm³/mol. The standard InChI is InChI=1S/C16H12ClN3O3/c17-11-3-6-14(13(7-11)16(19)22)23-9-15(21)20-12-4-1-10(8-18)2-5-12/h1-7H,9H2,(H2,19,22)(H,20,21). The van der Waals surface area contributed by atoms with E-state index in [9.17, 15) is 9.59 Å². The van der Waals surface area contributed by atoms with Gasteiger partial charge in [0, 0.05) is 10.7 Å². The van der Waals surface area contributed by atoms with E-state index in [0.29, 0.717) is 16.3 Å². The Morgan fingerprint density at radius 2 is 1.91 bits per heavy atom. The van der Waals surface area contributed by atoms with Crippen molar-refractivity contribution in [1.82, 2.24) is 0 Å². The van der Waals surface area contributed by atoms with Crippen LogP contribution in [0.4, 0.5) is 5.69 Å². The number of rotatable bonds is 5. The van der Waals surface area contributed by atoms with Crippen molar-refractivity contribution in [3.8, 4) is 11.8 Å². The summed E-state index contributed by atoms with van der Waals surface area (Å²) >= 11 is 5.79. The van der Waals surface area contributed by atoms with Crippen LogP contribution in [-0.4, -0.2) is 18.4 Å². The summed E-state index contributed by atoms with van der Waals surface area (Å²) in [6.07, 6.45) is 0. The first-order chi connectivity index (χ1) is 11.0. The molecule has 2 rings (SSSR count). The molecule has 0 bridgehead atoms. The number of nitrogens with zero attached hydrogens (tertiary/aromatic N) is 1. The minimum Gasteiger partial charge on any atom is -0.483 e. The molecule has 0 saturated heterocycles. The quantitative estimate of drug-likeness (QED) is 0.878. The van der Waals surface area contributed by atoms with Gasteiger partial charge in [-0.15, -0.1) is 0 Å². The van der Waals surface area contributed by atoms with Gasteiger partial charge in [-0.05, 0) is 42.5 Å². The molecule has 0 heterocycles. The van der Waals surface area contributed by atoms with Gasteiger partial charge in [0.1, 0.15) is 5.75 Å². The fourth-order valence-corrected chi connectivity index (χ4v) is 1.96. The average molecular weight is 330 g/mol. The van der Waals surface area contributed by atoms with Crippen molar-refractivity contribution >= 4 is 29.1 Å². The van der Waals surface area contributed by atoms with Crippen molar-refractivity contribution in [1.29, 1.82) is 5.26 Å². The second kappa shape index (κ2) is 7.29. The third-order valence-corrected chi connectivity index (χ3v) is 3.10. The molecule has 7 heteroatoms. The van der Waals surface area contributed by atoms with Gasteiger partial charge in [-0.25, -0.2) is 0 Å². The van der Waals surface area contributed by atoms with Crippen LogP contribution in [0.15, 0.2) is 42.5 Å². The van der Waals surface area contributed by atoms with Crippen LogP contribution in [0.5, 0.6) is 5.75 Å². The first-order valence-corrected chi connectivity index (χ1v) is 6.89. The Bertz CT molecular complexity index is 782. The number of nitrogens with one attached hydrogen (secondary N) is 1. The molecule has 0 atom stereocenters. The monoisotopic (exact) mass is 329 g/mol. The van der Waals surface area contributed by atoms with Gasteiger partial charge in [0.25, 0.3) is 11.8 Å². The number of anilines is 1. The van der Waals surface area contributed by atoms with Crippen LogP contribution in [0.2, 0.25) is 5.02 Å². The van der Waals surface area contributed by atoms with E-state index in [4.69, 9.17) is 27.3 Å². The number of benzene rings is 2. The summed E-state index contributed by atoms with van der Waals surface area (Å²) in [7, 11) is 0. The zero-order chi connectivity index (χ0) is 16.8. The van der Waals surface area contributed by atoms with Crippen molar-refractivity contribution in [2.75, 3.05) is 11.9 Å². The Kier molecular flexibility index (Phi) is 5.18. The molecule has 2 aromatic rings. The molecule has 6 nitrogen and oxygen atoms in total. The Labute approximate surface area is 137 Å². The second-order valence-electron chi connectivity index (χ2n) is 4.53. The van der Waals surface area contributed by atoms with Gasteiger partial charge in [-0.1, -0.05) is 11.6 Å². The molecule has 0 radical (unpaired) electrons. The topological polar surface area (TPSA) is 105 Å². The number of ether oxygens (including phenoxy) is 1. The van der Waals surface area contributed by atoms with Gasteiger partial charge in [-0.3, -0.25) is 9.59 Å². The molecule has 116 valence electrons. The number of nitriles is 1. The van der Waals surface area contributed by atoms with E-state index in [1.54, 1.807) is 24.3 Å². The molecule has 0 spiro atoms. The molecule has 0 aliphatic rings. The van der Waals surface area contributed by atoms with Crippen molar-refractivity contribution in [2.45, 2.75) is 0 Å². The van der Waals surface area contributed by atoms with Crippen molar-refractivity contribution in [3.63, 3.8) is 0 Å². The zero-order valence-corrected chi connectivity index (χ0v) is 12.6. The first-order valence-electron chi connectivity index (χ1n) is 6.52. The van der Waals surface area contributed by atoms with E-state index in [2.05, 4.69) is 5.32 Å². The van der Waals surface area contributed by atoms with Crippen LogP contribution in [0.25, 0.3) is 0 Å². The summed E-state index contributed by atoms with van der Waals surface area (Å²) < 4.78 is 5.31. The highest BCUT2D eigenvalue weighted by atomic mass is 35.5. The zero-order valence-electron chi connectivity index (χ0n) is 11.9. The maximum absolute atomic E-state index is 11.8. The van der Waals surface area contributed by atoms with E-state index in [-0.39, 0.29) is 17.9 Å². The number of carbonyl (C=O) groups excluding carboxylic acids is 2. The lowest BCUT2D eigenvalue weighted by molar-refractivity contribution is -0.118. The van der Waals surface area contributed by atoms with E-state index in [0.717, 1.165) is 0 Å². The van der Waals surface area contributed by atoms with E-state index in [1.807, 2.05) is 6.07 Å². The Hall–Kier alpha value is -3.04. The van der Waals surface area contributed by atoms with Gasteiger partial charge in [-0.2, -0.15) is 5.26 Å². The summed E-state index contributed by atoms with van der Waals surface area (Å²) in [4.78, 5) is 23.2. The van der Waals surface area contributed by atoms with Crippen molar-refractivity contribution in [2.24, 2.45) is 5.73 Å². The normalized spacial score (nSPS) is 9.74. The van der Waals surface area contributed by atoms with E-state index in [1.165, 1.54) is 18.2 Å². The average Bonchev–Trinajstić information content (AvgIpc) is 2.54. The Balaban J connectivity index is 1.99. The molecule has 3 N–H and O–H groups in total. The predicted octanol–water partition coefficient (Wildman–Crippen LogP) is 2.33. The highest BCUT2D eigenvalue weighted by Gasteiger charge is 2.12. The molecule has 23 heavy (non-hydrogen) atoms. The molecule has 0 aliphatic heterocycles. The van der Waals surface area contributed by atoms with E-state index < -0.39 is 11.8 Å². The first kappa shape index (κ1) is 16.3. The molecule has 0 aromatic heterocycles. The van der Waals surface area contributed by atoms with Gasteiger partial charge >= 0.3 is 0 Å². The number of halogens is 1. The Morgan fingerprint density at radius 3 is 2.52 bits per heavy atom. The van der Waals surface area contributed by atoms with E-state index >= 15 is 0 Å². The lowest BCUT2D eigenvalue weighted by atomic mass is 10.2. The number of amides is 2. The van der Waals surface area contributed by atoms with Crippen LogP contribution in [0.3, 0.4) is 0 Å². The minimum absolute atomic E-state index is 0.101. The number of primary amides is 1. The molecular formula is C16H12ClN3O3. The maximum atomic E-state index is 11.8. The van der Waals surface area contributed by atoms with Crippen LogP contribution < -0.4 is 15.8 Å². The minimum atomic E-state index is -0.699. The maximum Gasteiger partial charge on any atom is 0.262 e. The molecule has 0 saturated carbocycles. The van der Waals surface area contributed by atoms with Gasteiger partial charge in [0.05, 0.1) is 17.2 Å². The summed E-state index contributed by atoms with van der Waals surface area (Å²) in [5, 5.41) is 11.7. The summed E-state index contributed by atoms with van der Waals surface area (Å²) in [6, 6.07) is 12.7. The third kappa shape index (κ3) is 4.46. The number of hydrogen-bond donors (Lipinski definition) is 2. The van der Waals surface area contributed by atoms with Gasteiger partial charge in [0.15, 0.2) is 6.61 Å². The largest absolute Gasteiger partial charge is 0.483 e. The number of hydrogen-bond acceptors (Lipinski definition) is 4. The SMILES string of the molecule is N#Cc1ccc(NC(=O)COc2ccc(Cl)cc2C(N)=O)cc1. The van der Waals surface area contributed by atoms with Crippen molar-refractivity contribution < 1.29 is 14.3 Å². The molecule has 2 aromatic carbocycles. The van der Waals surface area contributed by atoms with Crippen LogP contribution in [0.1, 0.15) is 15.9 Å². The van der Waals surface area contributed by atoms with Crippen LogP contribution >= 0.6 is 11.6 Å². The fourth-order valence-electron chi connectivity index (χ4n) is 1.79. The van der Waals surface area contributed by atoms with Gasteiger partial charge < -0.3 is 15.8 Å². The fraction of sp³-hybridized carbons (Fsp3) is 0.0625. The smallest absolute Gasteiger partial charge is 0.262 e. The molecule has 2 amide bonds. The molecule has 0 fully saturated rings. The summed E-state index contributed by atoms with van der Waals surface area (Å²) in [5.74, 6) is -0.938. The number of nitrogens with two attached hydrogens (primary N) is 1. The van der Waals surface area contributed by atoms with Crippen molar-refractivity contribution in [3.05, 3.63) is 58.6 Å². The summed E-state index contributed by atoms with van der Waals surface area (Å²) in [5.41, 5.74) is 6.36. The molecule has 0 unspecified atom stereocenters. The third-order valence-electron chi connectivity index (χ3n) is 2.86. The van der Waals surface area contributed by atoms with Crippen LogP contribution in [0, 0.1) is 11.3 Å². The molecule has 0 aliphatic carbocycles.